The van der Waals surface area contributed by atoms with Gasteiger partial charge in [0, 0.05) is 38.9 Å². The number of aliphatic hydroxyl groups excluding tert-OH is 2. The molecule has 0 aromatic heterocycles. The van der Waals surface area contributed by atoms with Crippen LogP contribution in [-0.2, 0) is 67.2 Å². The molecule has 11 atom stereocenters. The van der Waals surface area contributed by atoms with Crippen molar-refractivity contribution in [3.8, 4) is 5.75 Å². The van der Waals surface area contributed by atoms with Gasteiger partial charge >= 0.3 is 5.97 Å². The smallest absolute Gasteiger partial charge is 0.326 e. The van der Waals surface area contributed by atoms with Crippen LogP contribution in [0.25, 0.3) is 0 Å². The Morgan fingerprint density at radius 2 is 0.945 bits per heavy atom. The predicted molar refractivity (Wildman–Crippen MR) is 334 cm³/mol. The molecular formula is C60H89N17O14. The Bertz CT molecular complexity index is 2930. The zero-order valence-electron chi connectivity index (χ0n) is 51.1. The van der Waals surface area contributed by atoms with Crippen LogP contribution in [0.5, 0.6) is 5.75 Å². The molecule has 24 N–H and O–H groups in total. The van der Waals surface area contributed by atoms with Gasteiger partial charge in [0.15, 0.2) is 11.9 Å². The van der Waals surface area contributed by atoms with Crippen LogP contribution in [0.4, 0.5) is 0 Å². The summed E-state index contributed by atoms with van der Waals surface area (Å²) in [6.45, 7) is 2.29. The molecule has 1 aliphatic rings. The number of amides is 9. The van der Waals surface area contributed by atoms with Crippen LogP contribution >= 0.6 is 0 Å². The van der Waals surface area contributed by atoms with Gasteiger partial charge in [-0.05, 0) is 107 Å². The number of rotatable bonds is 38. The standard InChI is InChI=1S/C60H89N17O14/c1-34(78)48(56(88)71-41(19-11-27-67-59(63)64)50(82)72-42(58(90)91)20-12-28-68-60(65)66)75-51(83)40(18-9-10-26-61)70-55(87)46-21-13-29-77(46)57(89)49(35(2)79)76-54(86)45(32-38-22-24-39(80)25-23-38)74-53(85)44(31-37-16-7-4-8-17-37)73-52(84)43(69-47(81)33-62)30-36-14-5-3-6-15-36/h3-8,14-17,22-25,34-35,40-46,48-49,78-80H,9-13,18-21,26-33,61-62H2,1-2H3,(H,69,81)(H,70,87)(H,71,88)(H,72,82)(H,73,84)(H,74,85)(H,75,83)(H,76,86)(H,90,91)(H4,63,64,67)(H4,65,66,68)/t34-,35-,40+,41+,42+,43+,44+,45+,46+,48+,49+/m1/s1. The minimum atomic E-state index is -1.77. The highest BCUT2D eigenvalue weighted by Crippen LogP contribution is 2.21. The molecule has 4 rings (SSSR count). The first-order chi connectivity index (χ1) is 43.3. The lowest BCUT2D eigenvalue weighted by Gasteiger charge is -2.32. The summed E-state index contributed by atoms with van der Waals surface area (Å²) in [5, 5.41) is 82.5. The second-order valence-electron chi connectivity index (χ2n) is 22.1. The molecule has 0 saturated carbocycles. The highest BCUT2D eigenvalue weighted by atomic mass is 16.4. The summed E-state index contributed by atoms with van der Waals surface area (Å²) in [5.74, 6) is -10.2. The number of benzene rings is 3. The van der Waals surface area contributed by atoms with Gasteiger partial charge in [0.25, 0.3) is 0 Å². The fraction of sp³-hybridized carbons (Fsp3) is 0.500. The van der Waals surface area contributed by atoms with Crippen molar-refractivity contribution in [2.75, 3.05) is 32.7 Å². The third kappa shape index (κ3) is 25.5. The van der Waals surface area contributed by atoms with E-state index in [2.05, 4.69) is 53.2 Å². The van der Waals surface area contributed by atoms with Crippen molar-refractivity contribution < 1.29 is 68.4 Å². The maximum absolute atomic E-state index is 14.7. The molecule has 0 radical (unpaired) electrons. The van der Waals surface area contributed by atoms with E-state index in [1.807, 2.05) is 0 Å². The van der Waals surface area contributed by atoms with Crippen LogP contribution in [0.1, 0.15) is 88.3 Å². The SMILES string of the molecule is C[C@@H](O)[C@H](NC(=O)[C@H](CCCCN)NC(=O)[C@@H]1CCCN1C(=O)[C@@H](NC(=O)[C@H](Cc1ccc(O)cc1)NC(=O)[C@H](Cc1ccccc1)NC(=O)[C@H](Cc1ccccc1)NC(=O)CN)[C@@H](C)O)C(=O)N[C@@H](CCCNC(=N)N)C(=O)N[C@@H](CCCNC(=N)N)C(=O)O. The van der Waals surface area contributed by atoms with Crippen molar-refractivity contribution in [1.82, 2.24) is 58.1 Å². The molecule has 498 valence electrons. The molecule has 91 heavy (non-hydrogen) atoms. The second kappa shape index (κ2) is 38.2. The number of guanidine groups is 2. The van der Waals surface area contributed by atoms with Crippen molar-refractivity contribution in [1.29, 1.82) is 10.8 Å². The molecule has 1 heterocycles. The lowest BCUT2D eigenvalue weighted by molar-refractivity contribution is -0.145. The molecule has 31 nitrogen and oxygen atoms in total. The summed E-state index contributed by atoms with van der Waals surface area (Å²) in [6, 6.07) is 9.85. The highest BCUT2D eigenvalue weighted by molar-refractivity contribution is 5.99. The molecule has 1 fully saturated rings. The number of carboxylic acids is 1. The number of phenolic OH excluding ortho intramolecular Hbond substituents is 1. The monoisotopic (exact) mass is 1270 g/mol. The molecule has 3 aromatic carbocycles. The van der Waals surface area contributed by atoms with Crippen LogP contribution in [0, 0.1) is 10.8 Å². The summed E-state index contributed by atoms with van der Waals surface area (Å²) in [5.41, 5.74) is 23.8. The predicted octanol–water partition coefficient (Wildman–Crippen LogP) is -4.25. The maximum Gasteiger partial charge on any atom is 0.326 e. The fourth-order valence-electron chi connectivity index (χ4n) is 9.92. The minimum Gasteiger partial charge on any atom is -0.508 e. The number of aromatic hydroxyl groups is 1. The Balaban J connectivity index is 1.58. The number of phenols is 1. The van der Waals surface area contributed by atoms with Crippen LogP contribution in [-0.4, -0.2) is 196 Å². The van der Waals surface area contributed by atoms with Gasteiger partial charge in [-0.2, -0.15) is 0 Å². The Morgan fingerprint density at radius 3 is 1.43 bits per heavy atom. The first-order valence-corrected chi connectivity index (χ1v) is 30.0. The number of nitrogens with zero attached hydrogens (tertiary/aromatic N) is 1. The third-order valence-corrected chi connectivity index (χ3v) is 14.8. The van der Waals surface area contributed by atoms with E-state index in [4.69, 9.17) is 33.8 Å². The van der Waals surface area contributed by atoms with Gasteiger partial charge in [-0.1, -0.05) is 72.8 Å². The molecule has 31 heteroatoms. The largest absolute Gasteiger partial charge is 0.508 e. The number of hydrogen-bond acceptors (Lipinski definition) is 17. The van der Waals surface area contributed by atoms with E-state index in [1.165, 1.54) is 38.1 Å². The van der Waals surface area contributed by atoms with E-state index >= 15 is 0 Å². The van der Waals surface area contributed by atoms with Gasteiger partial charge < -0.3 is 101 Å². The normalized spacial score (nSPS) is 16.0. The Labute approximate surface area is 527 Å². The maximum atomic E-state index is 14.7. The van der Waals surface area contributed by atoms with Gasteiger partial charge in [0.1, 0.15) is 60.1 Å². The number of hydrogen-bond donors (Lipinski definition) is 20. The number of nitrogens with one attached hydrogen (secondary N) is 12. The van der Waals surface area contributed by atoms with Gasteiger partial charge in [-0.15, -0.1) is 0 Å². The van der Waals surface area contributed by atoms with Crippen molar-refractivity contribution in [2.45, 2.75) is 157 Å². The summed E-state index contributed by atoms with van der Waals surface area (Å²) in [6.07, 6.45) is -2.67. The molecule has 3 aromatic rings. The number of carboxylic acid groups (broad SMARTS) is 1. The lowest BCUT2D eigenvalue weighted by Crippen LogP contribution is -2.62. The van der Waals surface area contributed by atoms with Crippen molar-refractivity contribution in [3.05, 3.63) is 102 Å². The van der Waals surface area contributed by atoms with Gasteiger partial charge in [-0.25, -0.2) is 4.79 Å². The number of nitrogens with two attached hydrogens (primary N) is 4. The van der Waals surface area contributed by atoms with E-state index in [1.54, 1.807) is 60.7 Å². The average molecular weight is 1270 g/mol. The number of aliphatic carboxylic acids is 1. The fourth-order valence-corrected chi connectivity index (χ4v) is 9.92. The van der Waals surface area contributed by atoms with Crippen molar-refractivity contribution in [2.24, 2.45) is 22.9 Å². The second-order valence-corrected chi connectivity index (χ2v) is 22.1. The number of carbonyl (C=O) groups is 10. The molecule has 0 unspecified atom stereocenters. The van der Waals surface area contributed by atoms with Gasteiger partial charge in [-0.3, -0.25) is 54.0 Å². The first kappa shape index (κ1) is 74.0. The minimum absolute atomic E-state index is 0.0240. The number of likely N-dealkylation sites (tertiary alicyclic amines) is 1. The Hall–Kier alpha value is -9.46. The van der Waals surface area contributed by atoms with Gasteiger partial charge in [0.2, 0.25) is 53.2 Å². The van der Waals surface area contributed by atoms with Gasteiger partial charge in [0.05, 0.1) is 18.8 Å². The van der Waals surface area contributed by atoms with Crippen LogP contribution in [0.15, 0.2) is 84.9 Å². The van der Waals surface area contributed by atoms with E-state index in [0.29, 0.717) is 23.1 Å². The molecule has 0 aliphatic carbocycles. The first-order valence-electron chi connectivity index (χ1n) is 30.0. The summed E-state index contributed by atoms with van der Waals surface area (Å²) < 4.78 is 0. The summed E-state index contributed by atoms with van der Waals surface area (Å²) >= 11 is 0. The molecule has 1 aliphatic heterocycles. The van der Waals surface area contributed by atoms with Crippen LogP contribution in [0.3, 0.4) is 0 Å². The Kier molecular flexibility index (Phi) is 31.0. The third-order valence-electron chi connectivity index (χ3n) is 14.8. The lowest BCUT2D eigenvalue weighted by atomic mass is 10.0. The molecular weight excluding hydrogens is 1180 g/mol. The molecule has 0 bridgehead atoms. The zero-order valence-corrected chi connectivity index (χ0v) is 51.1. The van der Waals surface area contributed by atoms with Crippen LogP contribution in [0.2, 0.25) is 0 Å². The molecule has 9 amide bonds. The van der Waals surface area contributed by atoms with E-state index in [0.717, 1.165) is 4.90 Å². The zero-order chi connectivity index (χ0) is 67.2. The average Bonchev–Trinajstić information content (AvgIpc) is 3.17. The quantitative estimate of drug-likeness (QED) is 0.0147. The Morgan fingerprint density at radius 1 is 0.527 bits per heavy atom. The van der Waals surface area contributed by atoms with Crippen molar-refractivity contribution in [3.63, 3.8) is 0 Å². The highest BCUT2D eigenvalue weighted by Gasteiger charge is 2.42. The van der Waals surface area contributed by atoms with Crippen LogP contribution < -0.4 is 76.1 Å². The van der Waals surface area contributed by atoms with Crippen molar-refractivity contribution >= 4 is 71.1 Å². The summed E-state index contributed by atoms with van der Waals surface area (Å²) in [4.78, 5) is 140. The van der Waals surface area contributed by atoms with E-state index in [-0.39, 0.29) is 114 Å². The number of unbranched alkanes of at least 4 members (excludes halogenated alkanes) is 1. The van der Waals surface area contributed by atoms with E-state index in [9.17, 15) is 68.4 Å². The molecule has 1 saturated heterocycles. The topological polar surface area (TPSA) is 527 Å². The van der Waals surface area contributed by atoms with E-state index < -0.39 is 132 Å². The number of carbonyl (C=O) groups excluding carboxylic acids is 9. The number of aliphatic hydroxyl groups is 2. The molecule has 0 spiro atoms. The summed E-state index contributed by atoms with van der Waals surface area (Å²) in [7, 11) is 0.